The summed E-state index contributed by atoms with van der Waals surface area (Å²) >= 11 is 0. The van der Waals surface area contributed by atoms with Crippen molar-refractivity contribution in [3.8, 4) is 11.1 Å². The van der Waals surface area contributed by atoms with Crippen molar-refractivity contribution in [3.05, 3.63) is 48.3 Å². The minimum atomic E-state index is -3.72. The predicted octanol–water partition coefficient (Wildman–Crippen LogP) is 3.38. The molecule has 3 heterocycles. The molecular weight excluding hydrogens is 434 g/mol. The van der Waals surface area contributed by atoms with Gasteiger partial charge in [0.05, 0.1) is 16.4 Å². The average molecular weight is 462 g/mol. The van der Waals surface area contributed by atoms with Gasteiger partial charge >= 0.3 is 0 Å². The molecule has 0 amide bonds. The van der Waals surface area contributed by atoms with E-state index >= 15 is 0 Å². The molecule has 31 heavy (non-hydrogen) atoms. The van der Waals surface area contributed by atoms with Crippen LogP contribution in [-0.4, -0.2) is 44.4 Å². The Morgan fingerprint density at radius 2 is 1.71 bits per heavy atom. The van der Waals surface area contributed by atoms with Gasteiger partial charge in [0.1, 0.15) is 15.5 Å². The van der Waals surface area contributed by atoms with Gasteiger partial charge in [0, 0.05) is 28.7 Å². The minimum Gasteiger partial charge on any atom is -0.343 e. The van der Waals surface area contributed by atoms with E-state index in [0.29, 0.717) is 12.8 Å². The summed E-state index contributed by atoms with van der Waals surface area (Å²) in [4.78, 5) is 7.97. The Morgan fingerprint density at radius 3 is 2.32 bits per heavy atom. The number of sulfone groups is 1. The highest BCUT2D eigenvalue weighted by molar-refractivity contribution is 7.91. The van der Waals surface area contributed by atoms with Crippen molar-refractivity contribution < 1.29 is 16.8 Å². The van der Waals surface area contributed by atoms with Gasteiger partial charge in [-0.1, -0.05) is 32.9 Å². The molecule has 0 saturated carbocycles. The summed E-state index contributed by atoms with van der Waals surface area (Å²) in [5.41, 5.74) is 3.72. The van der Waals surface area contributed by atoms with E-state index in [4.69, 9.17) is 0 Å². The second-order valence-electron chi connectivity index (χ2n) is 9.13. The predicted molar refractivity (Wildman–Crippen MR) is 122 cm³/mol. The second kappa shape index (κ2) is 7.72. The molecule has 1 aromatic carbocycles. The van der Waals surface area contributed by atoms with E-state index in [9.17, 15) is 16.8 Å². The molecule has 0 atom stereocenters. The molecule has 0 bridgehead atoms. The lowest BCUT2D eigenvalue weighted by Crippen LogP contribution is -2.40. The number of fused-ring (bicyclic) bond motifs is 1. The Morgan fingerprint density at radius 1 is 1.06 bits per heavy atom. The van der Waals surface area contributed by atoms with Crippen LogP contribution in [0.2, 0.25) is 0 Å². The maximum absolute atomic E-state index is 12.8. The zero-order valence-corrected chi connectivity index (χ0v) is 19.5. The fraction of sp³-hybridized carbons (Fsp3) is 0.409. The van der Waals surface area contributed by atoms with Crippen molar-refractivity contribution >= 4 is 30.9 Å². The molecule has 2 aromatic heterocycles. The van der Waals surface area contributed by atoms with E-state index in [-0.39, 0.29) is 27.9 Å². The maximum Gasteiger partial charge on any atom is 0.240 e. The third kappa shape index (κ3) is 4.68. The van der Waals surface area contributed by atoms with E-state index in [1.807, 2.05) is 6.07 Å². The van der Waals surface area contributed by atoms with Crippen LogP contribution in [0.25, 0.3) is 22.2 Å². The van der Waals surface area contributed by atoms with Crippen LogP contribution in [0.3, 0.4) is 0 Å². The lowest BCUT2D eigenvalue weighted by Gasteiger charge is -2.22. The van der Waals surface area contributed by atoms with Crippen molar-refractivity contribution in [2.24, 2.45) is 0 Å². The number of H-pyrrole nitrogens is 1. The van der Waals surface area contributed by atoms with Crippen LogP contribution in [0.5, 0.6) is 0 Å². The zero-order chi connectivity index (χ0) is 22.4. The van der Waals surface area contributed by atoms with Crippen molar-refractivity contribution in [1.29, 1.82) is 0 Å². The Balaban J connectivity index is 1.59. The summed E-state index contributed by atoms with van der Waals surface area (Å²) in [5, 5.41) is 0.990. The van der Waals surface area contributed by atoms with Gasteiger partial charge in [0.15, 0.2) is 0 Å². The number of hydrogen-bond acceptors (Lipinski definition) is 5. The van der Waals surface area contributed by atoms with Crippen molar-refractivity contribution in [3.63, 3.8) is 0 Å². The summed E-state index contributed by atoms with van der Waals surface area (Å²) in [6.45, 7) is 6.39. The second-order valence-corrected chi connectivity index (χ2v) is 13.1. The summed E-state index contributed by atoms with van der Waals surface area (Å²) in [6, 6.07) is 10.4. The van der Waals surface area contributed by atoms with Gasteiger partial charge in [-0.25, -0.2) is 26.5 Å². The first-order chi connectivity index (χ1) is 14.4. The Labute approximate surface area is 183 Å². The third-order valence-electron chi connectivity index (χ3n) is 5.69. The molecule has 1 fully saturated rings. The number of aromatic amines is 1. The van der Waals surface area contributed by atoms with Crippen LogP contribution in [0.1, 0.15) is 39.3 Å². The molecule has 4 rings (SSSR count). The average Bonchev–Trinajstić information content (AvgIpc) is 3.15. The quantitative estimate of drug-likeness (QED) is 0.619. The van der Waals surface area contributed by atoms with Crippen molar-refractivity contribution in [2.45, 2.75) is 50.0 Å². The van der Waals surface area contributed by atoms with E-state index in [2.05, 4.69) is 41.5 Å². The van der Waals surface area contributed by atoms with E-state index in [1.165, 1.54) is 0 Å². The summed E-state index contributed by atoms with van der Waals surface area (Å²) in [7, 11) is -6.76. The molecule has 166 valence electrons. The van der Waals surface area contributed by atoms with Crippen LogP contribution in [-0.2, 0) is 25.3 Å². The van der Waals surface area contributed by atoms with Gasteiger partial charge in [-0.05, 0) is 48.2 Å². The number of hydrogen-bond donors (Lipinski definition) is 2. The van der Waals surface area contributed by atoms with Gasteiger partial charge in [-0.15, -0.1) is 0 Å². The maximum atomic E-state index is 12.8. The van der Waals surface area contributed by atoms with Gasteiger partial charge in [-0.3, -0.25) is 0 Å². The standard InChI is InChI=1S/C22H27N3O4S2/c1-22(2,3)20-14-19-18(8-11-23-21(19)24-20)15-4-6-17(7-5-15)31(28,29)25-16-9-12-30(26,27)13-10-16/h4-8,11,14,16,25H,9-10,12-13H2,1-3H3,(H,23,24). The highest BCUT2D eigenvalue weighted by atomic mass is 32.2. The van der Waals surface area contributed by atoms with Crippen molar-refractivity contribution in [2.75, 3.05) is 11.5 Å². The summed E-state index contributed by atoms with van der Waals surface area (Å²) < 4.78 is 51.3. The van der Waals surface area contributed by atoms with E-state index in [0.717, 1.165) is 27.9 Å². The number of pyridine rings is 1. The topological polar surface area (TPSA) is 109 Å². The van der Waals surface area contributed by atoms with Gasteiger partial charge in [0.25, 0.3) is 0 Å². The SMILES string of the molecule is CC(C)(C)c1cc2c(-c3ccc(S(=O)(=O)NC4CCS(=O)(=O)CC4)cc3)ccnc2[nH]1. The Hall–Kier alpha value is -2.23. The first-order valence-corrected chi connectivity index (χ1v) is 13.6. The molecule has 0 radical (unpaired) electrons. The zero-order valence-electron chi connectivity index (χ0n) is 17.8. The fourth-order valence-electron chi connectivity index (χ4n) is 3.79. The van der Waals surface area contributed by atoms with Crippen molar-refractivity contribution in [1.82, 2.24) is 14.7 Å². The highest BCUT2D eigenvalue weighted by Gasteiger charge is 2.27. The number of rotatable bonds is 4. The molecule has 9 heteroatoms. The molecule has 3 aromatic rings. The number of benzene rings is 1. The van der Waals surface area contributed by atoms with Crippen LogP contribution in [0.4, 0.5) is 0 Å². The highest BCUT2D eigenvalue weighted by Crippen LogP contribution is 2.32. The monoisotopic (exact) mass is 461 g/mol. The summed E-state index contributed by atoms with van der Waals surface area (Å²) in [5.74, 6) is 0.0365. The van der Waals surface area contributed by atoms with E-state index in [1.54, 1.807) is 30.5 Å². The third-order valence-corrected chi connectivity index (χ3v) is 8.94. The lowest BCUT2D eigenvalue weighted by molar-refractivity contribution is 0.505. The van der Waals surface area contributed by atoms with Crippen LogP contribution >= 0.6 is 0 Å². The molecule has 0 unspecified atom stereocenters. The number of nitrogens with one attached hydrogen (secondary N) is 2. The summed E-state index contributed by atoms with van der Waals surface area (Å²) in [6.07, 6.45) is 2.35. The van der Waals surface area contributed by atoms with Crippen LogP contribution < -0.4 is 4.72 Å². The number of nitrogens with zero attached hydrogens (tertiary/aromatic N) is 1. The molecule has 0 spiro atoms. The Kier molecular flexibility index (Phi) is 5.47. The fourth-order valence-corrected chi connectivity index (χ4v) is 6.59. The molecule has 7 nitrogen and oxygen atoms in total. The first-order valence-electron chi connectivity index (χ1n) is 10.3. The smallest absolute Gasteiger partial charge is 0.240 e. The molecule has 0 aliphatic carbocycles. The minimum absolute atomic E-state index is 0.0182. The first kappa shape index (κ1) is 22.0. The van der Waals surface area contributed by atoms with Crippen LogP contribution in [0, 0.1) is 0 Å². The molecule has 2 N–H and O–H groups in total. The lowest BCUT2D eigenvalue weighted by atomic mass is 9.92. The van der Waals surface area contributed by atoms with Crippen LogP contribution in [0.15, 0.2) is 47.5 Å². The largest absolute Gasteiger partial charge is 0.343 e. The Bertz CT molecular complexity index is 1310. The number of aromatic nitrogens is 2. The molecule has 1 aliphatic heterocycles. The molecule has 1 aliphatic rings. The van der Waals surface area contributed by atoms with Gasteiger partial charge < -0.3 is 4.98 Å². The number of sulfonamides is 1. The normalized spacial score (nSPS) is 17.8. The van der Waals surface area contributed by atoms with E-state index < -0.39 is 19.9 Å². The van der Waals surface area contributed by atoms with Gasteiger partial charge in [-0.2, -0.15) is 0 Å². The van der Waals surface area contributed by atoms with Gasteiger partial charge in [0.2, 0.25) is 10.0 Å². The molecule has 1 saturated heterocycles. The molecular formula is C22H27N3O4S2.